The Morgan fingerprint density at radius 2 is 1.94 bits per heavy atom. The van der Waals surface area contributed by atoms with E-state index in [1.807, 2.05) is 0 Å². The number of sulfonamides is 1. The molecule has 108 valence electrons. The molecule has 1 heterocycles. The van der Waals surface area contributed by atoms with Gasteiger partial charge in [-0.2, -0.15) is 4.31 Å². The van der Waals surface area contributed by atoms with E-state index >= 15 is 0 Å². The number of sulfone groups is 1. The summed E-state index contributed by atoms with van der Waals surface area (Å²) < 4.78 is 52.6. The zero-order valence-corrected chi connectivity index (χ0v) is 12.2. The summed E-state index contributed by atoms with van der Waals surface area (Å²) in [6.45, 7) is 2.46. The molecule has 0 radical (unpaired) electrons. The molecule has 18 heavy (non-hydrogen) atoms. The first kappa shape index (κ1) is 15.8. The molecule has 1 aliphatic rings. The predicted octanol–water partition coefficient (Wildman–Crippen LogP) is -1.59. The second-order valence-corrected chi connectivity index (χ2v) is 8.92. The van der Waals surface area contributed by atoms with Crippen LogP contribution in [0.3, 0.4) is 0 Å². The molecular formula is C9H20N2O5S2. The summed E-state index contributed by atoms with van der Waals surface area (Å²) in [5.74, 6) is -0.757. The maximum atomic E-state index is 12.0. The lowest BCUT2D eigenvalue weighted by Gasteiger charge is -2.33. The van der Waals surface area contributed by atoms with Crippen molar-refractivity contribution in [3.05, 3.63) is 0 Å². The van der Waals surface area contributed by atoms with E-state index in [-0.39, 0.29) is 37.6 Å². The molecule has 0 aromatic heterocycles. The molecular weight excluding hydrogens is 280 g/mol. The highest BCUT2D eigenvalue weighted by molar-refractivity contribution is 7.93. The third-order valence-corrected chi connectivity index (χ3v) is 5.79. The van der Waals surface area contributed by atoms with Crippen LogP contribution in [-0.4, -0.2) is 70.7 Å². The molecule has 0 amide bonds. The summed E-state index contributed by atoms with van der Waals surface area (Å²) in [5.41, 5.74) is 5.67. The van der Waals surface area contributed by atoms with Crippen LogP contribution >= 0.6 is 0 Å². The van der Waals surface area contributed by atoms with Gasteiger partial charge in [0.25, 0.3) is 0 Å². The lowest BCUT2D eigenvalue weighted by molar-refractivity contribution is -0.0119. The van der Waals surface area contributed by atoms with Crippen LogP contribution in [0.4, 0.5) is 0 Å². The van der Waals surface area contributed by atoms with E-state index in [4.69, 9.17) is 10.5 Å². The van der Waals surface area contributed by atoms with Gasteiger partial charge in [-0.1, -0.05) is 0 Å². The van der Waals surface area contributed by atoms with Crippen molar-refractivity contribution in [3.8, 4) is 0 Å². The topological polar surface area (TPSA) is 107 Å². The lowest BCUT2D eigenvalue weighted by atomic mass is 10.2. The second-order valence-electron chi connectivity index (χ2n) is 4.57. The molecule has 0 aromatic carbocycles. The molecule has 1 rings (SSSR count). The maximum absolute atomic E-state index is 12.0. The van der Waals surface area contributed by atoms with E-state index in [0.717, 1.165) is 6.26 Å². The minimum atomic E-state index is -3.56. The van der Waals surface area contributed by atoms with Crippen molar-refractivity contribution in [1.82, 2.24) is 4.31 Å². The highest BCUT2D eigenvalue weighted by Crippen LogP contribution is 2.12. The first-order chi connectivity index (χ1) is 8.12. The first-order valence-electron chi connectivity index (χ1n) is 5.64. The largest absolute Gasteiger partial charge is 0.374 e. The number of hydrogen-bond donors (Lipinski definition) is 1. The Morgan fingerprint density at radius 1 is 1.33 bits per heavy atom. The fraction of sp³-hybridized carbons (Fsp3) is 1.00. The van der Waals surface area contributed by atoms with E-state index in [1.54, 1.807) is 6.92 Å². The third-order valence-electron chi connectivity index (χ3n) is 2.75. The average Bonchev–Trinajstić information content (AvgIpc) is 2.26. The number of nitrogens with zero attached hydrogens (tertiary/aromatic N) is 1. The van der Waals surface area contributed by atoms with Crippen molar-refractivity contribution >= 4 is 19.9 Å². The Hall–Kier alpha value is -0.220. The molecule has 0 bridgehead atoms. The SMILES string of the molecule is CC(N)C1CN(S(=O)(=O)CCS(C)(=O)=O)CCO1. The van der Waals surface area contributed by atoms with Crippen LogP contribution in [0.1, 0.15) is 6.92 Å². The standard InChI is InChI=1S/C9H20N2O5S2/c1-8(10)9-7-11(3-4-16-9)18(14,15)6-5-17(2,12)13/h8-9H,3-7,10H2,1-2H3. The molecule has 7 nitrogen and oxygen atoms in total. The summed E-state index contributed by atoms with van der Waals surface area (Å²) in [4.78, 5) is 0. The van der Waals surface area contributed by atoms with E-state index in [9.17, 15) is 16.8 Å². The fourth-order valence-electron chi connectivity index (χ4n) is 1.61. The van der Waals surface area contributed by atoms with E-state index in [2.05, 4.69) is 0 Å². The van der Waals surface area contributed by atoms with Gasteiger partial charge in [0.2, 0.25) is 10.0 Å². The van der Waals surface area contributed by atoms with E-state index in [0.29, 0.717) is 0 Å². The van der Waals surface area contributed by atoms with Crippen molar-refractivity contribution < 1.29 is 21.6 Å². The molecule has 1 saturated heterocycles. The highest BCUT2D eigenvalue weighted by Gasteiger charge is 2.31. The Morgan fingerprint density at radius 3 is 2.44 bits per heavy atom. The third kappa shape index (κ3) is 4.81. The summed E-state index contributed by atoms with van der Waals surface area (Å²) in [5, 5.41) is 0. The molecule has 9 heteroatoms. The Balaban J connectivity index is 2.67. The Kier molecular flexibility index (Phi) is 5.13. The van der Waals surface area contributed by atoms with Crippen molar-refractivity contribution in [2.75, 3.05) is 37.5 Å². The van der Waals surface area contributed by atoms with Gasteiger partial charge in [0.15, 0.2) is 0 Å². The van der Waals surface area contributed by atoms with Gasteiger partial charge in [-0.05, 0) is 6.92 Å². The zero-order chi connectivity index (χ0) is 14.0. The highest BCUT2D eigenvalue weighted by atomic mass is 32.2. The molecule has 2 N–H and O–H groups in total. The molecule has 0 saturated carbocycles. The molecule has 2 atom stereocenters. The molecule has 0 aliphatic carbocycles. The van der Waals surface area contributed by atoms with Crippen LogP contribution in [0.5, 0.6) is 0 Å². The van der Waals surface area contributed by atoms with Crippen LogP contribution in [0, 0.1) is 0 Å². The Bertz CT molecular complexity index is 471. The molecule has 1 fully saturated rings. The van der Waals surface area contributed by atoms with Crippen LogP contribution in [0.25, 0.3) is 0 Å². The number of hydrogen-bond acceptors (Lipinski definition) is 6. The van der Waals surface area contributed by atoms with Crippen LogP contribution < -0.4 is 5.73 Å². The van der Waals surface area contributed by atoms with Crippen molar-refractivity contribution in [1.29, 1.82) is 0 Å². The monoisotopic (exact) mass is 300 g/mol. The van der Waals surface area contributed by atoms with Crippen molar-refractivity contribution in [3.63, 3.8) is 0 Å². The van der Waals surface area contributed by atoms with E-state index in [1.165, 1.54) is 4.31 Å². The van der Waals surface area contributed by atoms with Crippen LogP contribution in [0.2, 0.25) is 0 Å². The van der Waals surface area contributed by atoms with Gasteiger partial charge in [-0.3, -0.25) is 0 Å². The van der Waals surface area contributed by atoms with Gasteiger partial charge in [-0.25, -0.2) is 16.8 Å². The number of nitrogens with two attached hydrogens (primary N) is 1. The zero-order valence-electron chi connectivity index (χ0n) is 10.6. The number of ether oxygens (including phenoxy) is 1. The van der Waals surface area contributed by atoms with Crippen molar-refractivity contribution in [2.24, 2.45) is 5.73 Å². The Labute approximate surface area is 108 Å². The first-order valence-corrected chi connectivity index (χ1v) is 9.31. The summed E-state index contributed by atoms with van der Waals surface area (Å²) in [7, 11) is -6.85. The normalized spacial score (nSPS) is 24.9. The molecule has 2 unspecified atom stereocenters. The molecule has 0 spiro atoms. The molecule has 1 aliphatic heterocycles. The van der Waals surface area contributed by atoms with Gasteiger partial charge in [-0.15, -0.1) is 0 Å². The smallest absolute Gasteiger partial charge is 0.215 e. The van der Waals surface area contributed by atoms with Crippen LogP contribution in [-0.2, 0) is 24.6 Å². The predicted molar refractivity (Wildman–Crippen MR) is 68.5 cm³/mol. The number of rotatable bonds is 5. The maximum Gasteiger partial charge on any atom is 0.215 e. The molecule has 0 aromatic rings. The minimum Gasteiger partial charge on any atom is -0.374 e. The van der Waals surface area contributed by atoms with Gasteiger partial charge >= 0.3 is 0 Å². The van der Waals surface area contributed by atoms with Gasteiger partial charge < -0.3 is 10.5 Å². The quantitative estimate of drug-likeness (QED) is 0.656. The van der Waals surface area contributed by atoms with Crippen molar-refractivity contribution in [2.45, 2.75) is 19.1 Å². The number of morpholine rings is 1. The minimum absolute atomic E-state index is 0.184. The lowest BCUT2D eigenvalue weighted by Crippen LogP contribution is -2.52. The fourth-order valence-corrected chi connectivity index (χ4v) is 4.65. The van der Waals surface area contributed by atoms with E-state index < -0.39 is 25.6 Å². The van der Waals surface area contributed by atoms with Gasteiger partial charge in [0.1, 0.15) is 9.84 Å². The second kappa shape index (κ2) is 5.83. The average molecular weight is 300 g/mol. The summed E-state index contributed by atoms with van der Waals surface area (Å²) in [6.07, 6.45) is 0.679. The summed E-state index contributed by atoms with van der Waals surface area (Å²) >= 11 is 0. The van der Waals surface area contributed by atoms with Gasteiger partial charge in [0, 0.05) is 25.4 Å². The van der Waals surface area contributed by atoms with Crippen LogP contribution in [0.15, 0.2) is 0 Å². The summed E-state index contributed by atoms with van der Waals surface area (Å²) in [6, 6.07) is -0.266. The van der Waals surface area contributed by atoms with Gasteiger partial charge in [0.05, 0.1) is 24.2 Å².